The highest BCUT2D eigenvalue weighted by Gasteiger charge is 2.34. The molecule has 0 bridgehead atoms. The number of nitrogens with two attached hydrogens (primary N) is 1. The van der Waals surface area contributed by atoms with Gasteiger partial charge < -0.3 is 15.8 Å². The third-order valence-corrected chi connectivity index (χ3v) is 6.01. The Labute approximate surface area is 179 Å². The van der Waals surface area contributed by atoms with E-state index < -0.39 is 0 Å². The number of benzene rings is 1. The summed E-state index contributed by atoms with van der Waals surface area (Å²) in [6, 6.07) is 7.48. The van der Waals surface area contributed by atoms with Crippen LogP contribution < -0.4 is 11.1 Å². The van der Waals surface area contributed by atoms with Gasteiger partial charge in [0, 0.05) is 25.3 Å². The Hall–Kier alpha value is -1.96. The highest BCUT2D eigenvalue weighted by Crippen LogP contribution is 2.23. The van der Waals surface area contributed by atoms with Crippen molar-refractivity contribution in [2.24, 2.45) is 11.7 Å². The van der Waals surface area contributed by atoms with Crippen LogP contribution in [-0.4, -0.2) is 65.5 Å². The second-order valence-electron chi connectivity index (χ2n) is 9.12. The Bertz CT molecular complexity index is 744. The molecule has 1 aromatic rings. The highest BCUT2D eigenvalue weighted by atomic mass is 16.5. The molecule has 0 radical (unpaired) electrons. The molecular formula is C23H36N4O3. The van der Waals surface area contributed by atoms with Gasteiger partial charge in [-0.1, -0.05) is 26.0 Å². The largest absolute Gasteiger partial charge is 0.373 e. The molecule has 2 saturated heterocycles. The van der Waals surface area contributed by atoms with Gasteiger partial charge in [0.15, 0.2) is 0 Å². The van der Waals surface area contributed by atoms with Gasteiger partial charge >= 0.3 is 0 Å². The zero-order valence-electron chi connectivity index (χ0n) is 18.6. The third-order valence-electron chi connectivity index (χ3n) is 6.01. The summed E-state index contributed by atoms with van der Waals surface area (Å²) in [5, 5.41) is 3.12. The number of amides is 2. The Balaban J connectivity index is 1.68. The van der Waals surface area contributed by atoms with E-state index in [0.717, 1.165) is 43.7 Å². The zero-order valence-corrected chi connectivity index (χ0v) is 18.6. The Kier molecular flexibility index (Phi) is 7.50. The molecule has 2 amide bonds. The van der Waals surface area contributed by atoms with Gasteiger partial charge in [-0.15, -0.1) is 0 Å². The van der Waals surface area contributed by atoms with Crippen LogP contribution in [0.1, 0.15) is 46.1 Å². The van der Waals surface area contributed by atoms with Crippen molar-refractivity contribution in [3.8, 4) is 0 Å². The van der Waals surface area contributed by atoms with Gasteiger partial charge in [0.25, 0.3) is 0 Å². The fourth-order valence-electron chi connectivity index (χ4n) is 4.87. The van der Waals surface area contributed by atoms with Gasteiger partial charge in [-0.3, -0.25) is 19.4 Å². The minimum atomic E-state index is -0.259. The zero-order chi connectivity index (χ0) is 21.8. The molecule has 7 heteroatoms. The summed E-state index contributed by atoms with van der Waals surface area (Å²) in [6.45, 7) is 11.3. The van der Waals surface area contributed by atoms with Gasteiger partial charge in [0.1, 0.15) is 0 Å². The predicted molar refractivity (Wildman–Crippen MR) is 118 cm³/mol. The van der Waals surface area contributed by atoms with Crippen molar-refractivity contribution in [1.82, 2.24) is 9.80 Å². The lowest BCUT2D eigenvalue weighted by Crippen LogP contribution is -2.55. The van der Waals surface area contributed by atoms with Crippen LogP contribution >= 0.6 is 0 Å². The van der Waals surface area contributed by atoms with Crippen molar-refractivity contribution in [2.75, 3.05) is 25.0 Å². The fourth-order valence-corrected chi connectivity index (χ4v) is 4.87. The molecule has 3 rings (SSSR count). The summed E-state index contributed by atoms with van der Waals surface area (Å²) < 4.78 is 5.84. The lowest BCUT2D eigenvalue weighted by Gasteiger charge is -2.41. The molecule has 2 fully saturated rings. The smallest absolute Gasteiger partial charge is 0.241 e. The van der Waals surface area contributed by atoms with E-state index in [9.17, 15) is 9.59 Å². The number of hydrogen-bond donors (Lipinski definition) is 2. The normalized spacial score (nSPS) is 26.6. The van der Waals surface area contributed by atoms with Crippen LogP contribution in [-0.2, 0) is 20.9 Å². The fraction of sp³-hybridized carbons (Fsp3) is 0.652. The molecule has 7 nitrogen and oxygen atoms in total. The second kappa shape index (κ2) is 9.90. The predicted octanol–water partition coefficient (Wildman–Crippen LogP) is 2.21. The highest BCUT2D eigenvalue weighted by molar-refractivity contribution is 5.95. The first kappa shape index (κ1) is 22.7. The number of likely N-dealkylation sites (tertiary alicyclic amines) is 1. The van der Waals surface area contributed by atoms with Crippen LogP contribution in [0.2, 0.25) is 0 Å². The lowest BCUT2D eigenvalue weighted by atomic mass is 9.99. The van der Waals surface area contributed by atoms with Gasteiger partial charge in [0.2, 0.25) is 11.8 Å². The minimum absolute atomic E-state index is 0.0136. The van der Waals surface area contributed by atoms with Gasteiger partial charge in [-0.05, 0) is 56.8 Å². The Morgan fingerprint density at radius 1 is 1.23 bits per heavy atom. The lowest BCUT2D eigenvalue weighted by molar-refractivity contribution is -0.130. The van der Waals surface area contributed by atoms with Gasteiger partial charge in [-0.25, -0.2) is 0 Å². The van der Waals surface area contributed by atoms with Crippen molar-refractivity contribution < 1.29 is 14.3 Å². The first-order valence-corrected chi connectivity index (χ1v) is 11.1. The topological polar surface area (TPSA) is 87.9 Å². The summed E-state index contributed by atoms with van der Waals surface area (Å²) in [5.74, 6) is -0.0584. The van der Waals surface area contributed by atoms with Crippen molar-refractivity contribution in [3.05, 3.63) is 29.8 Å². The number of ether oxygens (including phenoxy) is 1. The SMILES string of the molecule is CC1CN(C(C(=O)Nc2cccc(CN3CCCC3C(N)=O)c2)C(C)C)CC(C)O1. The molecular weight excluding hydrogens is 380 g/mol. The standard InChI is InChI=1S/C23H36N4O3/c1-15(2)21(27-12-16(3)30-17(4)13-27)23(29)25-19-8-5-7-18(11-19)14-26-10-6-9-20(26)22(24)28/h5,7-8,11,15-17,20-21H,6,9-10,12-14H2,1-4H3,(H2,24,28)(H,25,29). The first-order chi connectivity index (χ1) is 14.2. The van der Waals surface area contributed by atoms with Crippen LogP contribution in [0.15, 0.2) is 24.3 Å². The molecule has 3 N–H and O–H groups in total. The molecule has 30 heavy (non-hydrogen) atoms. The van der Waals surface area contributed by atoms with E-state index in [4.69, 9.17) is 10.5 Å². The maximum absolute atomic E-state index is 13.2. The van der Waals surface area contributed by atoms with Crippen molar-refractivity contribution in [1.29, 1.82) is 0 Å². The van der Waals surface area contributed by atoms with Crippen LogP contribution in [0.5, 0.6) is 0 Å². The van der Waals surface area contributed by atoms with E-state index >= 15 is 0 Å². The summed E-state index contributed by atoms with van der Waals surface area (Å²) in [7, 11) is 0. The number of nitrogens with one attached hydrogen (secondary N) is 1. The molecule has 166 valence electrons. The van der Waals surface area contributed by atoms with Crippen LogP contribution in [0.3, 0.4) is 0 Å². The van der Waals surface area contributed by atoms with Crippen LogP contribution in [0.25, 0.3) is 0 Å². The van der Waals surface area contributed by atoms with E-state index in [-0.39, 0.29) is 42.0 Å². The van der Waals surface area contributed by atoms with Crippen molar-refractivity contribution in [2.45, 2.75) is 71.4 Å². The van der Waals surface area contributed by atoms with E-state index in [1.54, 1.807) is 0 Å². The van der Waals surface area contributed by atoms with E-state index in [1.165, 1.54) is 0 Å². The number of carbonyl (C=O) groups is 2. The number of carbonyl (C=O) groups excluding carboxylic acids is 2. The molecule has 2 heterocycles. The summed E-state index contributed by atoms with van der Waals surface area (Å²) in [5.41, 5.74) is 7.39. The summed E-state index contributed by atoms with van der Waals surface area (Å²) in [6.07, 6.45) is 2.03. The Morgan fingerprint density at radius 2 is 1.93 bits per heavy atom. The maximum Gasteiger partial charge on any atom is 0.241 e. The molecule has 2 aliphatic rings. The minimum Gasteiger partial charge on any atom is -0.373 e. The molecule has 0 aliphatic carbocycles. The summed E-state index contributed by atoms with van der Waals surface area (Å²) in [4.78, 5) is 29.2. The van der Waals surface area contributed by atoms with Crippen LogP contribution in [0.4, 0.5) is 5.69 Å². The van der Waals surface area contributed by atoms with Gasteiger partial charge in [-0.2, -0.15) is 0 Å². The van der Waals surface area contributed by atoms with E-state index in [2.05, 4.69) is 42.8 Å². The van der Waals surface area contributed by atoms with Gasteiger partial charge in [0.05, 0.1) is 24.3 Å². The first-order valence-electron chi connectivity index (χ1n) is 11.1. The molecule has 2 aliphatic heterocycles. The molecule has 0 aromatic heterocycles. The average Bonchev–Trinajstić information content (AvgIpc) is 3.09. The maximum atomic E-state index is 13.2. The molecule has 4 unspecified atom stereocenters. The number of rotatable bonds is 7. The number of primary amides is 1. The van der Waals surface area contributed by atoms with Crippen molar-refractivity contribution >= 4 is 17.5 Å². The molecule has 4 atom stereocenters. The third kappa shape index (κ3) is 5.59. The monoisotopic (exact) mass is 416 g/mol. The summed E-state index contributed by atoms with van der Waals surface area (Å²) >= 11 is 0. The number of hydrogen-bond acceptors (Lipinski definition) is 5. The number of anilines is 1. The molecule has 0 saturated carbocycles. The quantitative estimate of drug-likeness (QED) is 0.712. The van der Waals surface area contributed by atoms with Crippen molar-refractivity contribution in [3.63, 3.8) is 0 Å². The second-order valence-corrected chi connectivity index (χ2v) is 9.12. The average molecular weight is 417 g/mol. The number of morpholine rings is 1. The van der Waals surface area contributed by atoms with E-state index in [0.29, 0.717) is 6.54 Å². The van der Waals surface area contributed by atoms with E-state index in [1.807, 2.05) is 24.3 Å². The number of nitrogens with zero attached hydrogens (tertiary/aromatic N) is 2. The molecule has 0 spiro atoms. The molecule has 1 aromatic carbocycles. The van der Waals surface area contributed by atoms with Crippen LogP contribution in [0, 0.1) is 5.92 Å². The Morgan fingerprint density at radius 3 is 2.57 bits per heavy atom.